The summed E-state index contributed by atoms with van der Waals surface area (Å²) in [4.78, 5) is 12.1. The molecule has 1 unspecified atom stereocenters. The molecule has 0 radical (unpaired) electrons. The van der Waals surface area contributed by atoms with Gasteiger partial charge in [0.05, 0.1) is 0 Å². The lowest BCUT2D eigenvalue weighted by atomic mass is 10.2. The van der Waals surface area contributed by atoms with E-state index in [0.717, 1.165) is 5.69 Å². The lowest BCUT2D eigenvalue weighted by Gasteiger charge is -2.15. The molecule has 0 spiro atoms. The third-order valence-electron chi connectivity index (χ3n) is 3.26. The van der Waals surface area contributed by atoms with Crippen molar-refractivity contribution in [2.75, 3.05) is 17.4 Å². The average molecular weight is 302 g/mol. The molecule has 1 heterocycles. The highest BCUT2D eigenvalue weighted by Crippen LogP contribution is 2.34. The summed E-state index contributed by atoms with van der Waals surface area (Å²) < 4.78 is 23.4. The van der Waals surface area contributed by atoms with Crippen LogP contribution in [0.15, 0.2) is 42.5 Å². The monoisotopic (exact) mass is 302 g/mol. The van der Waals surface area contributed by atoms with Crippen LogP contribution in [0.5, 0.6) is 11.5 Å². The molecule has 114 valence electrons. The van der Waals surface area contributed by atoms with Gasteiger partial charge in [-0.25, -0.2) is 4.39 Å². The Morgan fingerprint density at radius 3 is 2.55 bits per heavy atom. The van der Waals surface area contributed by atoms with Gasteiger partial charge in [-0.05, 0) is 43.3 Å². The van der Waals surface area contributed by atoms with Crippen LogP contribution < -0.4 is 20.1 Å². The van der Waals surface area contributed by atoms with E-state index in [4.69, 9.17) is 9.47 Å². The minimum atomic E-state index is -0.467. The first-order valence-electron chi connectivity index (χ1n) is 6.84. The van der Waals surface area contributed by atoms with Crippen LogP contribution in [-0.4, -0.2) is 18.7 Å². The largest absolute Gasteiger partial charge is 0.454 e. The normalized spacial score (nSPS) is 13.5. The molecule has 5 nitrogen and oxygen atoms in total. The van der Waals surface area contributed by atoms with Gasteiger partial charge in [-0.3, -0.25) is 4.79 Å². The number of carbonyl (C=O) groups is 1. The number of carbonyl (C=O) groups excluding carboxylic acids is 1. The second kappa shape index (κ2) is 5.93. The van der Waals surface area contributed by atoms with Crippen LogP contribution in [0, 0.1) is 5.82 Å². The Labute approximate surface area is 127 Å². The van der Waals surface area contributed by atoms with Gasteiger partial charge in [0, 0.05) is 17.4 Å². The summed E-state index contributed by atoms with van der Waals surface area (Å²) in [5.74, 6) is 0.777. The number of rotatable bonds is 4. The van der Waals surface area contributed by atoms with Crippen molar-refractivity contribution in [2.24, 2.45) is 0 Å². The van der Waals surface area contributed by atoms with Crippen LogP contribution in [0.1, 0.15) is 6.92 Å². The summed E-state index contributed by atoms with van der Waals surface area (Å²) in [6.07, 6.45) is 0. The van der Waals surface area contributed by atoms with Gasteiger partial charge >= 0.3 is 0 Å². The van der Waals surface area contributed by atoms with E-state index in [2.05, 4.69) is 10.6 Å². The Morgan fingerprint density at radius 2 is 1.77 bits per heavy atom. The van der Waals surface area contributed by atoms with Crippen LogP contribution in [0.25, 0.3) is 0 Å². The highest BCUT2D eigenvalue weighted by molar-refractivity contribution is 5.96. The van der Waals surface area contributed by atoms with Crippen molar-refractivity contribution in [3.63, 3.8) is 0 Å². The van der Waals surface area contributed by atoms with Gasteiger partial charge in [0.25, 0.3) is 0 Å². The van der Waals surface area contributed by atoms with E-state index in [9.17, 15) is 9.18 Å². The van der Waals surface area contributed by atoms with Crippen molar-refractivity contribution in [2.45, 2.75) is 13.0 Å². The molecule has 6 heteroatoms. The zero-order chi connectivity index (χ0) is 15.5. The Bertz CT molecular complexity index is 688. The lowest BCUT2D eigenvalue weighted by molar-refractivity contribution is -0.116. The first-order valence-corrected chi connectivity index (χ1v) is 6.84. The Balaban J connectivity index is 1.62. The number of amides is 1. The first-order chi connectivity index (χ1) is 10.6. The SMILES string of the molecule is CC(Nc1ccc2c(c1)OCO2)C(=O)Nc1ccc(F)cc1. The summed E-state index contributed by atoms with van der Waals surface area (Å²) in [6.45, 7) is 1.95. The summed E-state index contributed by atoms with van der Waals surface area (Å²) in [5, 5.41) is 5.80. The second-order valence-corrected chi connectivity index (χ2v) is 4.93. The van der Waals surface area contributed by atoms with Gasteiger partial charge in [-0.15, -0.1) is 0 Å². The minimum Gasteiger partial charge on any atom is -0.454 e. The van der Waals surface area contributed by atoms with Crippen LogP contribution in [0.3, 0.4) is 0 Å². The number of hydrogen-bond donors (Lipinski definition) is 2. The number of ether oxygens (including phenoxy) is 2. The van der Waals surface area contributed by atoms with Gasteiger partial charge in [0.1, 0.15) is 11.9 Å². The molecule has 0 aromatic heterocycles. The molecule has 3 rings (SSSR count). The Morgan fingerprint density at radius 1 is 1.09 bits per heavy atom. The highest BCUT2D eigenvalue weighted by Gasteiger charge is 2.16. The van der Waals surface area contributed by atoms with Crippen molar-refractivity contribution in [1.82, 2.24) is 0 Å². The third-order valence-corrected chi connectivity index (χ3v) is 3.26. The molecule has 0 bridgehead atoms. The molecule has 1 amide bonds. The van der Waals surface area contributed by atoms with Gasteiger partial charge in [0.2, 0.25) is 12.7 Å². The predicted octanol–water partition coefficient (Wildman–Crippen LogP) is 2.99. The molecule has 2 aromatic carbocycles. The molecule has 2 N–H and O–H groups in total. The predicted molar refractivity (Wildman–Crippen MR) is 80.7 cm³/mol. The molecule has 0 aliphatic carbocycles. The molecule has 22 heavy (non-hydrogen) atoms. The maximum atomic E-state index is 12.8. The van der Waals surface area contributed by atoms with E-state index < -0.39 is 6.04 Å². The van der Waals surface area contributed by atoms with Crippen LogP contribution in [0.4, 0.5) is 15.8 Å². The molecule has 2 aromatic rings. The van der Waals surface area contributed by atoms with Crippen molar-refractivity contribution in [3.8, 4) is 11.5 Å². The summed E-state index contributed by atoms with van der Waals surface area (Å²) in [6, 6.07) is 10.5. The molecule has 1 aliphatic heterocycles. The fourth-order valence-electron chi connectivity index (χ4n) is 2.09. The number of halogens is 1. The van der Waals surface area contributed by atoms with E-state index in [0.29, 0.717) is 17.2 Å². The van der Waals surface area contributed by atoms with Crippen molar-refractivity contribution in [1.29, 1.82) is 0 Å². The van der Waals surface area contributed by atoms with E-state index in [1.807, 2.05) is 6.07 Å². The standard InChI is InChI=1S/C16H15FN2O3/c1-10(16(20)19-12-4-2-11(17)3-5-12)18-13-6-7-14-15(8-13)22-9-21-14/h2-8,10,18H,9H2,1H3,(H,19,20). The number of hydrogen-bond acceptors (Lipinski definition) is 4. The summed E-state index contributed by atoms with van der Waals surface area (Å²) in [5.41, 5.74) is 1.30. The van der Waals surface area contributed by atoms with Crippen LogP contribution >= 0.6 is 0 Å². The fraction of sp³-hybridized carbons (Fsp3) is 0.188. The van der Waals surface area contributed by atoms with Crippen LogP contribution in [-0.2, 0) is 4.79 Å². The topological polar surface area (TPSA) is 59.6 Å². The van der Waals surface area contributed by atoms with Crippen LogP contribution in [0.2, 0.25) is 0 Å². The van der Waals surface area contributed by atoms with Crippen molar-refractivity contribution in [3.05, 3.63) is 48.3 Å². The first kappa shape index (κ1) is 14.2. The Hall–Kier alpha value is -2.76. The number of nitrogens with one attached hydrogen (secondary N) is 2. The highest BCUT2D eigenvalue weighted by atomic mass is 19.1. The van der Waals surface area contributed by atoms with E-state index in [1.54, 1.807) is 19.1 Å². The molecular weight excluding hydrogens is 287 g/mol. The van der Waals surface area contributed by atoms with Gasteiger partial charge in [-0.1, -0.05) is 0 Å². The molecule has 0 fully saturated rings. The molecule has 1 aliphatic rings. The third kappa shape index (κ3) is 3.11. The molecule has 0 saturated carbocycles. The lowest BCUT2D eigenvalue weighted by Crippen LogP contribution is -2.31. The second-order valence-electron chi connectivity index (χ2n) is 4.93. The smallest absolute Gasteiger partial charge is 0.246 e. The van der Waals surface area contributed by atoms with Gasteiger partial charge in [0.15, 0.2) is 11.5 Å². The van der Waals surface area contributed by atoms with E-state index in [-0.39, 0.29) is 18.5 Å². The van der Waals surface area contributed by atoms with E-state index >= 15 is 0 Å². The van der Waals surface area contributed by atoms with Gasteiger partial charge in [-0.2, -0.15) is 0 Å². The fourth-order valence-corrected chi connectivity index (χ4v) is 2.09. The molecule has 0 saturated heterocycles. The van der Waals surface area contributed by atoms with E-state index in [1.165, 1.54) is 24.3 Å². The van der Waals surface area contributed by atoms with Crippen molar-refractivity contribution < 1.29 is 18.7 Å². The minimum absolute atomic E-state index is 0.208. The molecule has 1 atom stereocenters. The van der Waals surface area contributed by atoms with Gasteiger partial charge < -0.3 is 20.1 Å². The maximum Gasteiger partial charge on any atom is 0.246 e. The number of anilines is 2. The number of fused-ring (bicyclic) bond motifs is 1. The summed E-state index contributed by atoms with van der Waals surface area (Å²) >= 11 is 0. The number of benzene rings is 2. The van der Waals surface area contributed by atoms with Crippen molar-refractivity contribution >= 4 is 17.3 Å². The Kier molecular flexibility index (Phi) is 3.82. The molecular formula is C16H15FN2O3. The quantitative estimate of drug-likeness (QED) is 0.911. The summed E-state index contributed by atoms with van der Waals surface area (Å²) in [7, 11) is 0. The average Bonchev–Trinajstić information content (AvgIpc) is 2.97. The zero-order valence-corrected chi connectivity index (χ0v) is 11.9. The zero-order valence-electron chi connectivity index (χ0n) is 11.9. The maximum absolute atomic E-state index is 12.8.